The molecule has 39 heavy (non-hydrogen) atoms. The first kappa shape index (κ1) is 30.5. The van der Waals surface area contributed by atoms with Gasteiger partial charge in [0.15, 0.2) is 0 Å². The topological polar surface area (TPSA) is 86.8 Å². The summed E-state index contributed by atoms with van der Waals surface area (Å²) in [6.45, 7) is 5.77. The number of halogens is 2. The van der Waals surface area contributed by atoms with Gasteiger partial charge in [-0.05, 0) is 48.2 Å². The second-order valence-electron chi connectivity index (χ2n) is 9.49. The van der Waals surface area contributed by atoms with Crippen LogP contribution in [0, 0.1) is 5.92 Å². The summed E-state index contributed by atoms with van der Waals surface area (Å²) in [4.78, 5) is 28.6. The minimum Gasteiger partial charge on any atom is -0.354 e. The van der Waals surface area contributed by atoms with Crippen molar-refractivity contribution in [1.82, 2.24) is 10.2 Å². The highest BCUT2D eigenvalue weighted by molar-refractivity contribution is 7.92. The Labute approximate surface area is 240 Å². The van der Waals surface area contributed by atoms with Gasteiger partial charge in [0, 0.05) is 18.1 Å². The predicted molar refractivity (Wildman–Crippen MR) is 156 cm³/mol. The normalized spacial score (nSPS) is 12.2. The van der Waals surface area contributed by atoms with Crippen LogP contribution < -0.4 is 9.62 Å². The van der Waals surface area contributed by atoms with E-state index in [2.05, 4.69) is 5.32 Å². The lowest BCUT2D eigenvalue weighted by Crippen LogP contribution is -2.52. The summed E-state index contributed by atoms with van der Waals surface area (Å²) >= 11 is 12.6. The average molecular weight is 591 g/mol. The molecular weight excluding hydrogens is 557 g/mol. The van der Waals surface area contributed by atoms with Crippen molar-refractivity contribution in [2.24, 2.45) is 5.92 Å². The van der Waals surface area contributed by atoms with Gasteiger partial charge in [0.05, 0.1) is 15.6 Å². The van der Waals surface area contributed by atoms with E-state index in [1.165, 1.54) is 35.2 Å². The molecule has 208 valence electrons. The zero-order chi connectivity index (χ0) is 28.6. The minimum absolute atomic E-state index is 0.00910. The van der Waals surface area contributed by atoms with Crippen molar-refractivity contribution in [2.75, 3.05) is 17.4 Å². The molecule has 0 heterocycles. The van der Waals surface area contributed by atoms with Crippen molar-refractivity contribution in [1.29, 1.82) is 0 Å². The molecule has 3 aromatic rings. The standard InChI is InChI=1S/C29H33Cl2N3O4S/c1-4-26(29(36)32-18-21(2)3)33(19-22-11-7-5-8-12-22)28(35)20-34(27-17-23(30)15-16-25(27)31)39(37,38)24-13-9-6-10-14-24/h5-17,21,26H,4,18-20H2,1-3H3,(H,32,36)/t26-/m1/s1. The lowest BCUT2D eigenvalue weighted by Gasteiger charge is -2.33. The van der Waals surface area contributed by atoms with Crippen LogP contribution in [0.3, 0.4) is 0 Å². The van der Waals surface area contributed by atoms with Crippen LogP contribution in [0.15, 0.2) is 83.8 Å². The molecule has 2 amide bonds. The van der Waals surface area contributed by atoms with Gasteiger partial charge in [-0.1, -0.05) is 92.5 Å². The van der Waals surface area contributed by atoms with E-state index in [0.717, 1.165) is 9.87 Å². The highest BCUT2D eigenvalue weighted by Gasteiger charge is 2.34. The number of carbonyl (C=O) groups is 2. The first-order chi connectivity index (χ1) is 18.5. The highest BCUT2D eigenvalue weighted by atomic mass is 35.5. The van der Waals surface area contributed by atoms with Gasteiger partial charge in [-0.3, -0.25) is 13.9 Å². The summed E-state index contributed by atoms with van der Waals surface area (Å²) in [5, 5.41) is 3.28. The van der Waals surface area contributed by atoms with Gasteiger partial charge < -0.3 is 10.2 Å². The fourth-order valence-electron chi connectivity index (χ4n) is 4.03. The van der Waals surface area contributed by atoms with Crippen molar-refractivity contribution in [2.45, 2.75) is 44.7 Å². The molecule has 0 radical (unpaired) electrons. The molecule has 0 saturated heterocycles. The number of anilines is 1. The van der Waals surface area contributed by atoms with Gasteiger partial charge in [0.1, 0.15) is 12.6 Å². The van der Waals surface area contributed by atoms with E-state index in [9.17, 15) is 18.0 Å². The Morgan fingerprint density at radius 2 is 1.54 bits per heavy atom. The fraction of sp³-hybridized carbons (Fsp3) is 0.310. The van der Waals surface area contributed by atoms with Crippen molar-refractivity contribution >= 4 is 50.7 Å². The Morgan fingerprint density at radius 1 is 0.923 bits per heavy atom. The van der Waals surface area contributed by atoms with Crippen molar-refractivity contribution in [3.05, 3.63) is 94.5 Å². The van der Waals surface area contributed by atoms with Crippen LogP contribution in [0.2, 0.25) is 10.0 Å². The van der Waals surface area contributed by atoms with Crippen LogP contribution in [-0.4, -0.2) is 44.3 Å². The first-order valence-corrected chi connectivity index (χ1v) is 14.9. The zero-order valence-electron chi connectivity index (χ0n) is 22.2. The highest BCUT2D eigenvalue weighted by Crippen LogP contribution is 2.33. The van der Waals surface area contributed by atoms with Gasteiger partial charge in [-0.25, -0.2) is 8.42 Å². The number of hydrogen-bond donors (Lipinski definition) is 1. The van der Waals surface area contributed by atoms with E-state index in [4.69, 9.17) is 23.2 Å². The number of benzene rings is 3. The molecule has 0 aliphatic carbocycles. The molecular formula is C29H33Cl2N3O4S. The number of nitrogens with zero attached hydrogens (tertiary/aromatic N) is 2. The molecule has 0 fully saturated rings. The molecule has 3 aromatic carbocycles. The Morgan fingerprint density at radius 3 is 2.13 bits per heavy atom. The van der Waals surface area contributed by atoms with Crippen LogP contribution >= 0.6 is 23.2 Å². The quantitative estimate of drug-likeness (QED) is 0.290. The zero-order valence-corrected chi connectivity index (χ0v) is 24.5. The second-order valence-corrected chi connectivity index (χ2v) is 12.2. The summed E-state index contributed by atoms with van der Waals surface area (Å²) in [5.74, 6) is -0.629. The molecule has 0 saturated carbocycles. The molecule has 0 unspecified atom stereocenters. The molecule has 1 N–H and O–H groups in total. The summed E-state index contributed by atoms with van der Waals surface area (Å²) < 4.78 is 28.6. The van der Waals surface area contributed by atoms with Gasteiger partial charge >= 0.3 is 0 Å². The van der Waals surface area contributed by atoms with Gasteiger partial charge in [-0.15, -0.1) is 0 Å². The molecule has 0 aliphatic heterocycles. The average Bonchev–Trinajstić information content (AvgIpc) is 2.92. The third-order valence-corrected chi connectivity index (χ3v) is 8.38. The summed E-state index contributed by atoms with van der Waals surface area (Å²) in [7, 11) is -4.23. The number of rotatable bonds is 12. The molecule has 0 aliphatic rings. The van der Waals surface area contributed by atoms with E-state index in [1.807, 2.05) is 51.1 Å². The largest absolute Gasteiger partial charge is 0.354 e. The van der Waals surface area contributed by atoms with Crippen LogP contribution in [-0.2, 0) is 26.2 Å². The first-order valence-electron chi connectivity index (χ1n) is 12.7. The smallest absolute Gasteiger partial charge is 0.264 e. The SMILES string of the molecule is CC[C@H](C(=O)NCC(C)C)N(Cc1ccccc1)C(=O)CN(c1cc(Cl)ccc1Cl)S(=O)(=O)c1ccccc1. The lowest BCUT2D eigenvalue weighted by molar-refractivity contribution is -0.140. The van der Waals surface area contributed by atoms with E-state index < -0.39 is 28.5 Å². The third-order valence-electron chi connectivity index (χ3n) is 6.05. The second kappa shape index (κ2) is 13.8. The Bertz CT molecular complexity index is 1370. The maximum absolute atomic E-state index is 14.0. The van der Waals surface area contributed by atoms with E-state index in [0.29, 0.717) is 13.0 Å². The lowest BCUT2D eigenvalue weighted by atomic mass is 10.1. The molecule has 1 atom stereocenters. The molecule has 10 heteroatoms. The summed E-state index contributed by atoms with van der Waals surface area (Å²) in [5.41, 5.74) is 0.873. The minimum atomic E-state index is -4.23. The van der Waals surface area contributed by atoms with Crippen molar-refractivity contribution in [3.63, 3.8) is 0 Å². The van der Waals surface area contributed by atoms with Gasteiger partial charge in [-0.2, -0.15) is 0 Å². The van der Waals surface area contributed by atoms with Gasteiger partial charge in [0.2, 0.25) is 11.8 Å². The Hall–Kier alpha value is -3.07. The number of nitrogens with one attached hydrogen (secondary N) is 1. The summed E-state index contributed by atoms with van der Waals surface area (Å²) in [6.07, 6.45) is 0.339. The molecule has 0 bridgehead atoms. The summed E-state index contributed by atoms with van der Waals surface area (Å²) in [6, 6.07) is 20.6. The van der Waals surface area contributed by atoms with Gasteiger partial charge in [0.25, 0.3) is 10.0 Å². The molecule has 0 spiro atoms. The number of hydrogen-bond acceptors (Lipinski definition) is 4. The van der Waals surface area contributed by atoms with Crippen LogP contribution in [0.1, 0.15) is 32.8 Å². The molecule has 3 rings (SSSR count). The maximum Gasteiger partial charge on any atom is 0.264 e. The number of amides is 2. The predicted octanol–water partition coefficient (Wildman–Crippen LogP) is 5.77. The maximum atomic E-state index is 14.0. The van der Waals surface area contributed by atoms with Crippen LogP contribution in [0.4, 0.5) is 5.69 Å². The van der Waals surface area contributed by atoms with Crippen molar-refractivity contribution in [3.8, 4) is 0 Å². The monoisotopic (exact) mass is 589 g/mol. The van der Waals surface area contributed by atoms with Crippen molar-refractivity contribution < 1.29 is 18.0 Å². The fourth-order valence-corrected chi connectivity index (χ4v) is 5.91. The van der Waals surface area contributed by atoms with Crippen LogP contribution in [0.5, 0.6) is 0 Å². The molecule has 7 nitrogen and oxygen atoms in total. The third kappa shape index (κ3) is 7.97. The Balaban J connectivity index is 2.06. The molecule has 0 aromatic heterocycles. The number of carbonyl (C=O) groups excluding carboxylic acids is 2. The van der Waals surface area contributed by atoms with Crippen LogP contribution in [0.25, 0.3) is 0 Å². The van der Waals surface area contributed by atoms with E-state index in [1.54, 1.807) is 18.2 Å². The Kier molecular flexibility index (Phi) is 10.8. The van der Waals surface area contributed by atoms with E-state index >= 15 is 0 Å². The number of sulfonamides is 1. The van der Waals surface area contributed by atoms with E-state index in [-0.39, 0.29) is 39.0 Å².